The van der Waals surface area contributed by atoms with E-state index in [2.05, 4.69) is 17.3 Å². The van der Waals surface area contributed by atoms with E-state index in [9.17, 15) is 0 Å². The topological polar surface area (TPSA) is 15.3 Å². The molecule has 0 bridgehead atoms. The molecule has 0 aromatic heterocycles. The predicted molar refractivity (Wildman–Crippen MR) is 78.4 cm³/mol. The van der Waals surface area contributed by atoms with Crippen molar-refractivity contribution in [2.75, 3.05) is 20.1 Å². The highest BCUT2D eigenvalue weighted by Gasteiger charge is 2.14. The molecule has 1 aromatic carbocycles. The number of hydrogen-bond donors (Lipinski definition) is 1. The van der Waals surface area contributed by atoms with Crippen molar-refractivity contribution in [3.63, 3.8) is 0 Å². The van der Waals surface area contributed by atoms with Crippen LogP contribution in [0.4, 0.5) is 0 Å². The van der Waals surface area contributed by atoms with Crippen molar-refractivity contribution < 1.29 is 0 Å². The first-order valence-corrected chi connectivity index (χ1v) is 7.26. The third kappa shape index (κ3) is 4.13. The van der Waals surface area contributed by atoms with Crippen molar-refractivity contribution in [3.05, 3.63) is 33.8 Å². The number of rotatable bonds is 4. The number of piperidine rings is 1. The molecule has 1 unspecified atom stereocenters. The SMILES string of the molecule is CN(Cc1ccc(Cl)c(Cl)c1)CC1CCCCN1. The van der Waals surface area contributed by atoms with Gasteiger partial charge in [0.2, 0.25) is 0 Å². The molecular weight excluding hydrogens is 267 g/mol. The highest BCUT2D eigenvalue weighted by molar-refractivity contribution is 6.42. The average molecular weight is 287 g/mol. The Morgan fingerprint density at radius 2 is 2.11 bits per heavy atom. The van der Waals surface area contributed by atoms with E-state index >= 15 is 0 Å². The van der Waals surface area contributed by atoms with Crippen LogP contribution < -0.4 is 5.32 Å². The van der Waals surface area contributed by atoms with Crippen molar-refractivity contribution in [3.8, 4) is 0 Å². The maximum Gasteiger partial charge on any atom is 0.0595 e. The van der Waals surface area contributed by atoms with Crippen LogP contribution in [0.1, 0.15) is 24.8 Å². The number of nitrogens with zero attached hydrogens (tertiary/aromatic N) is 1. The van der Waals surface area contributed by atoms with Gasteiger partial charge in [0.1, 0.15) is 0 Å². The van der Waals surface area contributed by atoms with Gasteiger partial charge in [-0.3, -0.25) is 0 Å². The lowest BCUT2D eigenvalue weighted by Gasteiger charge is -2.28. The van der Waals surface area contributed by atoms with E-state index in [1.807, 2.05) is 18.2 Å². The summed E-state index contributed by atoms with van der Waals surface area (Å²) < 4.78 is 0. The maximum absolute atomic E-state index is 6.03. The summed E-state index contributed by atoms with van der Waals surface area (Å²) >= 11 is 11.9. The minimum Gasteiger partial charge on any atom is -0.313 e. The molecule has 0 amide bonds. The molecule has 0 radical (unpaired) electrons. The monoisotopic (exact) mass is 286 g/mol. The van der Waals surface area contributed by atoms with Gasteiger partial charge in [0.05, 0.1) is 10.0 Å². The highest BCUT2D eigenvalue weighted by atomic mass is 35.5. The summed E-state index contributed by atoms with van der Waals surface area (Å²) in [5, 5.41) is 4.83. The summed E-state index contributed by atoms with van der Waals surface area (Å²) in [5.74, 6) is 0. The molecule has 2 nitrogen and oxygen atoms in total. The summed E-state index contributed by atoms with van der Waals surface area (Å²) in [5.41, 5.74) is 1.21. The van der Waals surface area contributed by atoms with Crippen LogP contribution in [0.2, 0.25) is 10.0 Å². The molecule has 18 heavy (non-hydrogen) atoms. The number of likely N-dealkylation sites (N-methyl/N-ethyl adjacent to an activating group) is 1. The van der Waals surface area contributed by atoms with Crippen molar-refractivity contribution in [2.24, 2.45) is 0 Å². The lowest BCUT2D eigenvalue weighted by molar-refractivity contribution is 0.256. The second-order valence-electron chi connectivity index (χ2n) is 5.09. The standard InChI is InChI=1S/C14H20Cl2N2/c1-18(10-12-4-2-3-7-17-12)9-11-5-6-13(15)14(16)8-11/h5-6,8,12,17H,2-4,7,9-10H2,1H3. The van der Waals surface area contributed by atoms with Crippen LogP contribution in [-0.4, -0.2) is 31.1 Å². The lowest BCUT2D eigenvalue weighted by atomic mass is 10.0. The molecule has 1 N–H and O–H groups in total. The number of nitrogens with one attached hydrogen (secondary N) is 1. The smallest absolute Gasteiger partial charge is 0.0595 e. The Kier molecular flexibility index (Phi) is 5.31. The molecule has 100 valence electrons. The third-order valence-electron chi connectivity index (χ3n) is 3.38. The molecule has 0 saturated carbocycles. The van der Waals surface area contributed by atoms with E-state index in [0.29, 0.717) is 16.1 Å². The number of halogens is 2. The van der Waals surface area contributed by atoms with Gasteiger partial charge in [-0.15, -0.1) is 0 Å². The second-order valence-corrected chi connectivity index (χ2v) is 5.91. The molecule has 1 saturated heterocycles. The van der Waals surface area contributed by atoms with Crippen LogP contribution in [0.15, 0.2) is 18.2 Å². The fourth-order valence-corrected chi connectivity index (χ4v) is 2.79. The normalized spacial score (nSPS) is 20.3. The third-order valence-corrected chi connectivity index (χ3v) is 4.12. The van der Waals surface area contributed by atoms with E-state index in [-0.39, 0.29) is 0 Å². The molecule has 4 heteroatoms. The summed E-state index contributed by atoms with van der Waals surface area (Å²) in [6, 6.07) is 6.49. The lowest BCUT2D eigenvalue weighted by Crippen LogP contribution is -2.42. The fourth-order valence-electron chi connectivity index (χ4n) is 2.47. The predicted octanol–water partition coefficient (Wildman–Crippen LogP) is 3.57. The van der Waals surface area contributed by atoms with Gasteiger partial charge in [0.15, 0.2) is 0 Å². The summed E-state index contributed by atoms with van der Waals surface area (Å²) in [7, 11) is 2.15. The first-order chi connectivity index (χ1) is 8.65. The highest BCUT2D eigenvalue weighted by Crippen LogP contribution is 2.23. The number of hydrogen-bond acceptors (Lipinski definition) is 2. The minimum absolute atomic E-state index is 0.622. The maximum atomic E-state index is 6.03. The molecule has 1 aliphatic rings. The van der Waals surface area contributed by atoms with E-state index < -0.39 is 0 Å². The molecular formula is C14H20Cl2N2. The number of benzene rings is 1. The van der Waals surface area contributed by atoms with E-state index in [0.717, 1.165) is 19.6 Å². The van der Waals surface area contributed by atoms with E-state index in [1.165, 1.54) is 24.8 Å². The zero-order valence-electron chi connectivity index (χ0n) is 10.8. The van der Waals surface area contributed by atoms with Crippen molar-refractivity contribution >= 4 is 23.2 Å². The van der Waals surface area contributed by atoms with Crippen LogP contribution in [0.3, 0.4) is 0 Å². The van der Waals surface area contributed by atoms with Crippen LogP contribution in [0, 0.1) is 0 Å². The van der Waals surface area contributed by atoms with Gasteiger partial charge < -0.3 is 10.2 Å². The van der Waals surface area contributed by atoms with Gasteiger partial charge in [0.25, 0.3) is 0 Å². The van der Waals surface area contributed by atoms with Gasteiger partial charge >= 0.3 is 0 Å². The van der Waals surface area contributed by atoms with Gasteiger partial charge in [-0.1, -0.05) is 35.7 Å². The van der Waals surface area contributed by atoms with Crippen LogP contribution in [-0.2, 0) is 6.54 Å². The summed E-state index contributed by atoms with van der Waals surface area (Å²) in [6.45, 7) is 3.15. The molecule has 1 heterocycles. The van der Waals surface area contributed by atoms with Gasteiger partial charge in [-0.25, -0.2) is 0 Å². The zero-order valence-corrected chi connectivity index (χ0v) is 12.3. The van der Waals surface area contributed by atoms with Crippen LogP contribution in [0.5, 0.6) is 0 Å². The van der Waals surface area contributed by atoms with Gasteiger partial charge in [0, 0.05) is 19.1 Å². The molecule has 1 atom stereocenters. The summed E-state index contributed by atoms with van der Waals surface area (Å²) in [4.78, 5) is 2.34. The van der Waals surface area contributed by atoms with Gasteiger partial charge in [-0.2, -0.15) is 0 Å². The Morgan fingerprint density at radius 3 is 2.78 bits per heavy atom. The first-order valence-electron chi connectivity index (χ1n) is 6.51. The first kappa shape index (κ1) is 14.1. The molecule has 1 aliphatic heterocycles. The van der Waals surface area contributed by atoms with Crippen LogP contribution in [0.25, 0.3) is 0 Å². The molecule has 1 fully saturated rings. The van der Waals surface area contributed by atoms with Crippen molar-refractivity contribution in [2.45, 2.75) is 31.8 Å². The van der Waals surface area contributed by atoms with E-state index in [4.69, 9.17) is 23.2 Å². The fraction of sp³-hybridized carbons (Fsp3) is 0.571. The Labute approximate surface area is 119 Å². The molecule has 0 spiro atoms. The van der Waals surface area contributed by atoms with E-state index in [1.54, 1.807) is 0 Å². The largest absolute Gasteiger partial charge is 0.313 e. The second kappa shape index (κ2) is 6.76. The molecule has 1 aromatic rings. The van der Waals surface area contributed by atoms with Gasteiger partial charge in [-0.05, 0) is 44.1 Å². The Morgan fingerprint density at radius 1 is 1.28 bits per heavy atom. The quantitative estimate of drug-likeness (QED) is 0.910. The van der Waals surface area contributed by atoms with Crippen molar-refractivity contribution in [1.29, 1.82) is 0 Å². The average Bonchev–Trinajstić information content (AvgIpc) is 2.35. The Hall–Kier alpha value is -0.280. The Bertz CT molecular complexity index is 389. The van der Waals surface area contributed by atoms with Crippen LogP contribution >= 0.6 is 23.2 Å². The summed E-state index contributed by atoms with van der Waals surface area (Å²) in [6.07, 6.45) is 3.94. The molecule has 0 aliphatic carbocycles. The zero-order chi connectivity index (χ0) is 13.0. The minimum atomic E-state index is 0.622. The van der Waals surface area contributed by atoms with Crippen molar-refractivity contribution in [1.82, 2.24) is 10.2 Å². The molecule has 2 rings (SSSR count). The Balaban J connectivity index is 1.85.